The lowest BCUT2D eigenvalue weighted by atomic mass is 10.0. The molecule has 0 bridgehead atoms. The maximum atomic E-state index is 13.2. The largest absolute Gasteiger partial charge is 0.459 e. The summed E-state index contributed by atoms with van der Waals surface area (Å²) in [4.78, 5) is 38.5. The lowest BCUT2D eigenvalue weighted by Gasteiger charge is -2.26. The van der Waals surface area contributed by atoms with Gasteiger partial charge in [-0.15, -0.1) is 0 Å². The highest BCUT2D eigenvalue weighted by molar-refractivity contribution is 5.89. The Bertz CT molecular complexity index is 923. The van der Waals surface area contributed by atoms with Crippen LogP contribution in [0.25, 0.3) is 0 Å². The molecule has 7 nitrogen and oxygen atoms in total. The Hall–Kier alpha value is -3.35. The Morgan fingerprint density at radius 1 is 0.824 bits per heavy atom. The zero-order chi connectivity index (χ0) is 25.1. The van der Waals surface area contributed by atoms with Gasteiger partial charge >= 0.3 is 12.1 Å². The molecule has 2 N–H and O–H groups in total. The first-order chi connectivity index (χ1) is 16.0. The van der Waals surface area contributed by atoms with E-state index in [4.69, 9.17) is 9.47 Å². The first-order valence-corrected chi connectivity index (χ1v) is 11.6. The lowest BCUT2D eigenvalue weighted by Crippen LogP contribution is -2.53. The van der Waals surface area contributed by atoms with E-state index in [2.05, 4.69) is 10.6 Å². The van der Waals surface area contributed by atoms with E-state index in [0.29, 0.717) is 6.42 Å². The molecule has 0 saturated heterocycles. The van der Waals surface area contributed by atoms with Crippen LogP contribution in [0.2, 0.25) is 0 Å². The van der Waals surface area contributed by atoms with Crippen LogP contribution in [0, 0.1) is 5.92 Å². The fourth-order valence-corrected chi connectivity index (χ4v) is 3.30. The van der Waals surface area contributed by atoms with Crippen molar-refractivity contribution in [3.05, 3.63) is 71.8 Å². The number of amides is 2. The molecule has 34 heavy (non-hydrogen) atoms. The number of nitrogens with one attached hydrogen (secondary N) is 2. The van der Waals surface area contributed by atoms with Gasteiger partial charge in [0, 0.05) is 6.42 Å². The maximum Gasteiger partial charge on any atom is 0.408 e. The first kappa shape index (κ1) is 26.9. The lowest BCUT2D eigenvalue weighted by molar-refractivity contribution is -0.149. The third-order valence-corrected chi connectivity index (χ3v) is 4.82. The van der Waals surface area contributed by atoms with Crippen LogP contribution in [0.1, 0.15) is 52.2 Å². The van der Waals surface area contributed by atoms with E-state index in [1.807, 2.05) is 74.5 Å². The van der Waals surface area contributed by atoms with Gasteiger partial charge in [0.1, 0.15) is 24.3 Å². The van der Waals surface area contributed by atoms with Crippen LogP contribution in [0.4, 0.5) is 4.79 Å². The molecular formula is C27H36N2O5. The molecule has 0 fully saturated rings. The van der Waals surface area contributed by atoms with Gasteiger partial charge in [-0.1, -0.05) is 74.5 Å². The van der Waals surface area contributed by atoms with Crippen molar-refractivity contribution in [1.29, 1.82) is 0 Å². The van der Waals surface area contributed by atoms with Crippen molar-refractivity contribution in [2.24, 2.45) is 5.92 Å². The molecule has 184 valence electrons. The number of esters is 1. The summed E-state index contributed by atoms with van der Waals surface area (Å²) < 4.78 is 10.8. The molecule has 0 aliphatic carbocycles. The average molecular weight is 469 g/mol. The number of hydrogen-bond acceptors (Lipinski definition) is 5. The van der Waals surface area contributed by atoms with Gasteiger partial charge in [0.15, 0.2) is 0 Å². The quantitative estimate of drug-likeness (QED) is 0.504. The van der Waals surface area contributed by atoms with E-state index in [9.17, 15) is 14.4 Å². The van der Waals surface area contributed by atoms with E-state index >= 15 is 0 Å². The van der Waals surface area contributed by atoms with E-state index in [-0.39, 0.29) is 18.9 Å². The van der Waals surface area contributed by atoms with E-state index in [0.717, 1.165) is 11.1 Å². The molecule has 0 radical (unpaired) electrons. The van der Waals surface area contributed by atoms with Gasteiger partial charge in [-0.3, -0.25) is 4.79 Å². The Kier molecular flexibility index (Phi) is 10.1. The molecular weight excluding hydrogens is 432 g/mol. The molecule has 0 unspecified atom stereocenters. The molecule has 0 spiro atoms. The number of carbonyl (C=O) groups is 3. The van der Waals surface area contributed by atoms with E-state index in [1.165, 1.54) is 0 Å². The Morgan fingerprint density at radius 2 is 1.38 bits per heavy atom. The summed E-state index contributed by atoms with van der Waals surface area (Å²) in [7, 11) is 0. The molecule has 0 heterocycles. The van der Waals surface area contributed by atoms with Gasteiger partial charge in [0.25, 0.3) is 0 Å². The molecule has 0 saturated carbocycles. The fraction of sp³-hybridized carbons (Fsp3) is 0.444. The van der Waals surface area contributed by atoms with Crippen molar-refractivity contribution in [3.8, 4) is 0 Å². The van der Waals surface area contributed by atoms with Crippen molar-refractivity contribution in [2.45, 2.75) is 71.8 Å². The van der Waals surface area contributed by atoms with Gasteiger partial charge in [-0.05, 0) is 44.2 Å². The highest BCUT2D eigenvalue weighted by Crippen LogP contribution is 2.12. The predicted molar refractivity (Wildman–Crippen MR) is 131 cm³/mol. The van der Waals surface area contributed by atoms with E-state index in [1.54, 1.807) is 20.8 Å². The second-order valence-corrected chi connectivity index (χ2v) is 9.67. The topological polar surface area (TPSA) is 93.7 Å². The van der Waals surface area contributed by atoms with Crippen molar-refractivity contribution < 1.29 is 23.9 Å². The smallest absolute Gasteiger partial charge is 0.408 e. The summed E-state index contributed by atoms with van der Waals surface area (Å²) in [6.07, 6.45) is -0.0250. The number of rotatable bonds is 10. The SMILES string of the molecule is CC(C)C[C@H](NC(=O)OC(C)(C)C)C(=O)N[C@H](Cc1ccccc1)C(=O)OCc1ccccc1. The molecule has 2 rings (SSSR count). The minimum atomic E-state index is -0.909. The summed E-state index contributed by atoms with van der Waals surface area (Å²) >= 11 is 0. The standard InChI is InChI=1S/C27H36N2O5/c1-19(2)16-22(29-26(32)34-27(3,4)5)24(30)28-23(17-20-12-8-6-9-13-20)25(31)33-18-21-14-10-7-11-15-21/h6-15,19,22-23H,16-18H2,1-5H3,(H,28,30)(H,29,32)/t22-,23+/m0/s1. The van der Waals surface area contributed by atoms with Crippen LogP contribution in [-0.4, -0.2) is 35.7 Å². The minimum absolute atomic E-state index is 0.104. The van der Waals surface area contributed by atoms with Gasteiger partial charge in [0.2, 0.25) is 5.91 Å². The number of hydrogen-bond donors (Lipinski definition) is 2. The van der Waals surface area contributed by atoms with Crippen molar-refractivity contribution in [1.82, 2.24) is 10.6 Å². The van der Waals surface area contributed by atoms with Crippen molar-refractivity contribution in [2.75, 3.05) is 0 Å². The Balaban J connectivity index is 2.14. The summed E-state index contributed by atoms with van der Waals surface area (Å²) in [6, 6.07) is 17.0. The van der Waals surface area contributed by atoms with Crippen LogP contribution in [0.3, 0.4) is 0 Å². The van der Waals surface area contributed by atoms with Crippen LogP contribution < -0.4 is 10.6 Å². The van der Waals surface area contributed by atoms with Crippen LogP contribution >= 0.6 is 0 Å². The third-order valence-electron chi connectivity index (χ3n) is 4.82. The summed E-state index contributed by atoms with van der Waals surface area (Å²) in [5, 5.41) is 5.44. The van der Waals surface area contributed by atoms with Crippen LogP contribution in [-0.2, 0) is 32.1 Å². The average Bonchev–Trinajstić information content (AvgIpc) is 2.76. The summed E-state index contributed by atoms with van der Waals surface area (Å²) in [5.74, 6) is -0.873. The molecule has 2 aromatic rings. The van der Waals surface area contributed by atoms with Gasteiger partial charge < -0.3 is 20.1 Å². The summed E-state index contributed by atoms with van der Waals surface area (Å²) in [6.45, 7) is 9.26. The monoisotopic (exact) mass is 468 g/mol. The molecule has 0 aliphatic heterocycles. The number of ether oxygens (including phenoxy) is 2. The second-order valence-electron chi connectivity index (χ2n) is 9.67. The van der Waals surface area contributed by atoms with Crippen LogP contribution in [0.15, 0.2) is 60.7 Å². The normalized spacial score (nSPS) is 13.0. The summed E-state index contributed by atoms with van der Waals surface area (Å²) in [5.41, 5.74) is 1.04. The maximum absolute atomic E-state index is 13.2. The molecule has 0 aromatic heterocycles. The number of benzene rings is 2. The number of alkyl carbamates (subject to hydrolysis) is 1. The minimum Gasteiger partial charge on any atom is -0.459 e. The fourth-order valence-electron chi connectivity index (χ4n) is 3.30. The van der Waals surface area contributed by atoms with Crippen LogP contribution in [0.5, 0.6) is 0 Å². The van der Waals surface area contributed by atoms with Gasteiger partial charge in [-0.2, -0.15) is 0 Å². The number of carbonyl (C=O) groups excluding carboxylic acids is 3. The molecule has 2 aromatic carbocycles. The van der Waals surface area contributed by atoms with Crippen molar-refractivity contribution >= 4 is 18.0 Å². The first-order valence-electron chi connectivity index (χ1n) is 11.6. The zero-order valence-corrected chi connectivity index (χ0v) is 20.7. The molecule has 2 atom stereocenters. The highest BCUT2D eigenvalue weighted by Gasteiger charge is 2.29. The highest BCUT2D eigenvalue weighted by atomic mass is 16.6. The molecule has 2 amide bonds. The predicted octanol–water partition coefficient (Wildman–Crippen LogP) is 4.40. The molecule has 0 aliphatic rings. The van der Waals surface area contributed by atoms with Gasteiger partial charge in [-0.25, -0.2) is 9.59 Å². The third kappa shape index (κ3) is 10.1. The second kappa shape index (κ2) is 12.8. The Morgan fingerprint density at radius 3 is 1.91 bits per heavy atom. The van der Waals surface area contributed by atoms with E-state index < -0.39 is 35.7 Å². The van der Waals surface area contributed by atoms with Gasteiger partial charge in [0.05, 0.1) is 0 Å². The van der Waals surface area contributed by atoms with Crippen molar-refractivity contribution in [3.63, 3.8) is 0 Å². The Labute approximate surface area is 202 Å². The zero-order valence-electron chi connectivity index (χ0n) is 20.7. The molecule has 7 heteroatoms.